The van der Waals surface area contributed by atoms with Gasteiger partial charge >= 0.3 is 0 Å². The van der Waals surface area contributed by atoms with Crippen molar-refractivity contribution in [2.24, 2.45) is 0 Å². The average molecular weight is 312 g/mol. The third kappa shape index (κ3) is 3.86. The minimum atomic E-state index is -0.429. The quantitative estimate of drug-likeness (QED) is 0.645. The lowest BCUT2D eigenvalue weighted by atomic mass is 10.1. The maximum absolute atomic E-state index is 11.0. The van der Waals surface area contributed by atoms with Crippen LogP contribution in [-0.2, 0) is 0 Å². The van der Waals surface area contributed by atoms with Crippen LogP contribution in [0.15, 0.2) is 12.1 Å². The second kappa shape index (κ2) is 7.09. The molecular weight excluding hydrogens is 290 g/mol. The molecule has 0 amide bonds. The number of nitro benzene ring substituents is 1. The number of aryl methyl sites for hydroxylation is 1. The zero-order valence-electron chi connectivity index (χ0n) is 12.6. The van der Waals surface area contributed by atoms with Gasteiger partial charge in [0.05, 0.1) is 4.92 Å². The standard InChI is InChI=1S/C15H22ClN3O2/c1-3-7-18(10-12-5-4-6-17-12)14-9-13(16)15(19(20)21)8-11(14)2/h8-9,12,17H,3-7,10H2,1-2H3. The fourth-order valence-electron chi connectivity index (χ4n) is 2.89. The lowest BCUT2D eigenvalue weighted by molar-refractivity contribution is -0.384. The van der Waals surface area contributed by atoms with Crippen LogP contribution in [-0.4, -0.2) is 30.6 Å². The topological polar surface area (TPSA) is 58.4 Å². The third-order valence-corrected chi connectivity index (χ3v) is 4.20. The normalized spacial score (nSPS) is 18.0. The van der Waals surface area contributed by atoms with Crippen molar-refractivity contribution in [2.75, 3.05) is 24.5 Å². The van der Waals surface area contributed by atoms with Crippen molar-refractivity contribution in [3.63, 3.8) is 0 Å². The van der Waals surface area contributed by atoms with E-state index in [2.05, 4.69) is 17.1 Å². The van der Waals surface area contributed by atoms with Gasteiger partial charge in [-0.25, -0.2) is 0 Å². The number of nitrogens with one attached hydrogen (secondary N) is 1. The first-order chi connectivity index (χ1) is 10.0. The van der Waals surface area contributed by atoms with Crippen LogP contribution in [0.3, 0.4) is 0 Å². The van der Waals surface area contributed by atoms with Crippen LogP contribution in [0.4, 0.5) is 11.4 Å². The Hall–Kier alpha value is -1.33. The number of nitrogens with zero attached hydrogens (tertiary/aromatic N) is 2. The monoisotopic (exact) mass is 311 g/mol. The van der Waals surface area contributed by atoms with E-state index in [0.29, 0.717) is 6.04 Å². The molecule has 1 aliphatic heterocycles. The van der Waals surface area contributed by atoms with Gasteiger partial charge < -0.3 is 10.2 Å². The molecule has 6 heteroatoms. The summed E-state index contributed by atoms with van der Waals surface area (Å²) < 4.78 is 0. The van der Waals surface area contributed by atoms with E-state index in [-0.39, 0.29) is 10.7 Å². The van der Waals surface area contributed by atoms with Gasteiger partial charge in [-0.3, -0.25) is 10.1 Å². The lowest BCUT2D eigenvalue weighted by Crippen LogP contribution is -2.38. The number of halogens is 1. The first-order valence-electron chi connectivity index (χ1n) is 7.45. The van der Waals surface area contributed by atoms with Crippen molar-refractivity contribution in [1.29, 1.82) is 0 Å². The van der Waals surface area contributed by atoms with Crippen molar-refractivity contribution in [3.8, 4) is 0 Å². The van der Waals surface area contributed by atoms with Gasteiger partial charge in [0.25, 0.3) is 5.69 Å². The molecule has 0 spiro atoms. The van der Waals surface area contributed by atoms with Gasteiger partial charge in [0.15, 0.2) is 0 Å². The van der Waals surface area contributed by atoms with Crippen LogP contribution >= 0.6 is 11.6 Å². The fraction of sp³-hybridized carbons (Fsp3) is 0.600. The predicted octanol–water partition coefficient (Wildman–Crippen LogP) is 3.53. The Balaban J connectivity index is 2.26. The number of anilines is 1. The van der Waals surface area contributed by atoms with E-state index in [0.717, 1.165) is 37.3 Å². The summed E-state index contributed by atoms with van der Waals surface area (Å²) in [7, 11) is 0. The Bertz CT molecular complexity index is 516. The molecule has 0 saturated carbocycles. The highest BCUT2D eigenvalue weighted by molar-refractivity contribution is 6.33. The Morgan fingerprint density at radius 2 is 2.29 bits per heavy atom. The van der Waals surface area contributed by atoms with E-state index in [1.165, 1.54) is 12.8 Å². The summed E-state index contributed by atoms with van der Waals surface area (Å²) in [6.45, 7) is 6.96. The smallest absolute Gasteiger partial charge is 0.288 e. The van der Waals surface area contributed by atoms with Gasteiger partial charge in [-0.15, -0.1) is 0 Å². The average Bonchev–Trinajstić information content (AvgIpc) is 2.93. The molecule has 0 bridgehead atoms. The zero-order valence-corrected chi connectivity index (χ0v) is 13.3. The SMILES string of the molecule is CCCN(CC1CCCN1)c1cc(Cl)c([N+](=O)[O-])cc1C. The molecule has 0 radical (unpaired) electrons. The minimum absolute atomic E-state index is 0.0200. The number of hydrogen-bond donors (Lipinski definition) is 1. The van der Waals surface area contributed by atoms with Crippen molar-refractivity contribution >= 4 is 23.0 Å². The molecule has 1 aliphatic rings. The van der Waals surface area contributed by atoms with Crippen LogP contribution in [0.2, 0.25) is 5.02 Å². The third-order valence-electron chi connectivity index (χ3n) is 3.90. The van der Waals surface area contributed by atoms with Crippen molar-refractivity contribution in [3.05, 3.63) is 32.8 Å². The first kappa shape index (κ1) is 16.0. The predicted molar refractivity (Wildman–Crippen MR) is 86.4 cm³/mol. The Labute approximate surface area is 130 Å². The highest BCUT2D eigenvalue weighted by atomic mass is 35.5. The molecule has 1 fully saturated rings. The first-order valence-corrected chi connectivity index (χ1v) is 7.83. The molecule has 2 rings (SSSR count). The van der Waals surface area contributed by atoms with Crippen molar-refractivity contribution in [1.82, 2.24) is 5.32 Å². The molecule has 116 valence electrons. The van der Waals surface area contributed by atoms with Gasteiger partial charge in [-0.2, -0.15) is 0 Å². The zero-order chi connectivity index (χ0) is 15.4. The van der Waals surface area contributed by atoms with E-state index in [9.17, 15) is 10.1 Å². The molecule has 1 aromatic carbocycles. The van der Waals surface area contributed by atoms with Gasteiger partial charge in [0.1, 0.15) is 5.02 Å². The second-order valence-corrected chi connectivity index (χ2v) is 5.99. The summed E-state index contributed by atoms with van der Waals surface area (Å²) in [6, 6.07) is 3.80. The summed E-state index contributed by atoms with van der Waals surface area (Å²) in [6.07, 6.45) is 3.42. The van der Waals surface area contributed by atoms with E-state index in [1.54, 1.807) is 12.1 Å². The molecule has 5 nitrogen and oxygen atoms in total. The summed E-state index contributed by atoms with van der Waals surface area (Å²) >= 11 is 6.07. The van der Waals surface area contributed by atoms with Crippen LogP contribution in [0.25, 0.3) is 0 Å². The van der Waals surface area contributed by atoms with E-state index >= 15 is 0 Å². The van der Waals surface area contributed by atoms with E-state index in [4.69, 9.17) is 11.6 Å². The highest BCUT2D eigenvalue weighted by Crippen LogP contribution is 2.33. The maximum Gasteiger partial charge on any atom is 0.288 e. The summed E-state index contributed by atoms with van der Waals surface area (Å²) in [5, 5.41) is 14.7. The largest absolute Gasteiger partial charge is 0.370 e. The maximum atomic E-state index is 11.0. The summed E-state index contributed by atoms with van der Waals surface area (Å²) in [4.78, 5) is 12.8. The van der Waals surface area contributed by atoms with Crippen LogP contribution in [0.1, 0.15) is 31.7 Å². The van der Waals surface area contributed by atoms with Gasteiger partial charge in [0.2, 0.25) is 0 Å². The number of nitro groups is 1. The van der Waals surface area contributed by atoms with Crippen molar-refractivity contribution in [2.45, 2.75) is 39.2 Å². The van der Waals surface area contributed by atoms with E-state index < -0.39 is 4.92 Å². The minimum Gasteiger partial charge on any atom is -0.370 e. The van der Waals surface area contributed by atoms with Gasteiger partial charge in [-0.1, -0.05) is 18.5 Å². The molecule has 1 N–H and O–H groups in total. The molecule has 1 heterocycles. The van der Waals surface area contributed by atoms with E-state index in [1.807, 2.05) is 6.92 Å². The van der Waals surface area contributed by atoms with Gasteiger partial charge in [0, 0.05) is 30.9 Å². The summed E-state index contributed by atoms with van der Waals surface area (Å²) in [5.41, 5.74) is 1.88. The highest BCUT2D eigenvalue weighted by Gasteiger charge is 2.21. The number of rotatable bonds is 6. The Morgan fingerprint density at radius 3 is 2.86 bits per heavy atom. The van der Waals surface area contributed by atoms with Crippen molar-refractivity contribution < 1.29 is 4.92 Å². The Morgan fingerprint density at radius 1 is 1.52 bits per heavy atom. The molecule has 1 unspecified atom stereocenters. The molecule has 1 aromatic rings. The second-order valence-electron chi connectivity index (χ2n) is 5.59. The summed E-state index contributed by atoms with van der Waals surface area (Å²) in [5.74, 6) is 0. The lowest BCUT2D eigenvalue weighted by Gasteiger charge is -2.29. The molecule has 21 heavy (non-hydrogen) atoms. The molecule has 0 aromatic heterocycles. The van der Waals surface area contributed by atoms with Crippen LogP contribution in [0.5, 0.6) is 0 Å². The van der Waals surface area contributed by atoms with Crippen LogP contribution in [0, 0.1) is 17.0 Å². The molecule has 1 atom stereocenters. The van der Waals surface area contributed by atoms with Crippen LogP contribution < -0.4 is 10.2 Å². The number of benzene rings is 1. The molecule has 0 aliphatic carbocycles. The Kier molecular flexibility index (Phi) is 5.42. The van der Waals surface area contributed by atoms with Gasteiger partial charge in [-0.05, 0) is 44.4 Å². The molecular formula is C15H22ClN3O2. The molecule has 1 saturated heterocycles. The number of hydrogen-bond acceptors (Lipinski definition) is 4. The fourth-order valence-corrected chi connectivity index (χ4v) is 3.12.